The quantitative estimate of drug-likeness (QED) is 0.846. The number of imidazole rings is 1. The zero-order valence-electron chi connectivity index (χ0n) is 10.2. The van der Waals surface area contributed by atoms with Gasteiger partial charge >= 0.3 is 0 Å². The topological polar surface area (TPSA) is 63.9 Å². The van der Waals surface area contributed by atoms with Crippen LogP contribution in [0.25, 0.3) is 11.4 Å². The Morgan fingerprint density at radius 2 is 2.18 bits per heavy atom. The Balaban J connectivity index is 2.26. The molecule has 4 nitrogen and oxygen atoms in total. The van der Waals surface area contributed by atoms with E-state index in [9.17, 15) is 0 Å². The van der Waals surface area contributed by atoms with Gasteiger partial charge in [0, 0.05) is 17.8 Å². The second kappa shape index (κ2) is 5.01. The molecule has 0 atom stereocenters. The third-order valence-corrected chi connectivity index (χ3v) is 2.62. The second-order valence-electron chi connectivity index (χ2n) is 3.96. The van der Waals surface area contributed by atoms with E-state index >= 15 is 0 Å². The molecule has 0 saturated carbocycles. The van der Waals surface area contributed by atoms with E-state index in [1.54, 1.807) is 0 Å². The highest BCUT2D eigenvalue weighted by molar-refractivity contribution is 5.58. The number of H-pyrrole nitrogens is 1. The summed E-state index contributed by atoms with van der Waals surface area (Å²) in [5.41, 5.74) is 8.54. The minimum Gasteiger partial charge on any atom is -0.492 e. The van der Waals surface area contributed by atoms with E-state index in [0.717, 1.165) is 28.5 Å². The molecule has 2 rings (SSSR count). The van der Waals surface area contributed by atoms with Crippen LogP contribution in [0.2, 0.25) is 0 Å². The molecule has 0 spiro atoms. The van der Waals surface area contributed by atoms with Gasteiger partial charge in [-0.3, -0.25) is 0 Å². The predicted molar refractivity (Wildman–Crippen MR) is 68.0 cm³/mol. The van der Waals surface area contributed by atoms with Crippen LogP contribution >= 0.6 is 0 Å². The fraction of sp³-hybridized carbons (Fsp3) is 0.308. The van der Waals surface area contributed by atoms with Crippen molar-refractivity contribution < 1.29 is 4.74 Å². The monoisotopic (exact) mass is 231 g/mol. The van der Waals surface area contributed by atoms with Gasteiger partial charge in [0.15, 0.2) is 0 Å². The number of ether oxygens (including phenoxy) is 1. The first-order valence-corrected chi connectivity index (χ1v) is 5.67. The SMILES string of the molecule is Cc1nc(-c2cccc(OCCN)c2)[nH]c1C. The van der Waals surface area contributed by atoms with Gasteiger partial charge in [-0.15, -0.1) is 0 Å². The van der Waals surface area contributed by atoms with Gasteiger partial charge in [0.05, 0.1) is 5.69 Å². The van der Waals surface area contributed by atoms with E-state index in [1.165, 1.54) is 0 Å². The number of aromatic amines is 1. The lowest BCUT2D eigenvalue weighted by molar-refractivity contribution is 0.328. The molecule has 17 heavy (non-hydrogen) atoms. The normalized spacial score (nSPS) is 10.5. The van der Waals surface area contributed by atoms with Crippen LogP contribution in [0, 0.1) is 13.8 Å². The number of benzene rings is 1. The molecule has 1 aromatic carbocycles. The molecule has 3 N–H and O–H groups in total. The standard InChI is InChI=1S/C13H17N3O/c1-9-10(2)16-13(15-9)11-4-3-5-12(8-11)17-7-6-14/h3-5,8H,6-7,14H2,1-2H3,(H,15,16). The van der Waals surface area contributed by atoms with Crippen LogP contribution in [0.3, 0.4) is 0 Å². The van der Waals surface area contributed by atoms with Crippen molar-refractivity contribution in [3.63, 3.8) is 0 Å². The van der Waals surface area contributed by atoms with E-state index in [4.69, 9.17) is 10.5 Å². The molecule has 0 aliphatic carbocycles. The molecule has 0 aliphatic heterocycles. The number of nitrogens with two attached hydrogens (primary N) is 1. The molecular weight excluding hydrogens is 214 g/mol. The van der Waals surface area contributed by atoms with Gasteiger partial charge in [-0.1, -0.05) is 12.1 Å². The van der Waals surface area contributed by atoms with E-state index < -0.39 is 0 Å². The molecule has 90 valence electrons. The number of hydrogen-bond donors (Lipinski definition) is 2. The number of nitrogens with zero attached hydrogens (tertiary/aromatic N) is 1. The highest BCUT2D eigenvalue weighted by Crippen LogP contribution is 2.22. The summed E-state index contributed by atoms with van der Waals surface area (Å²) in [6, 6.07) is 7.84. The number of aryl methyl sites for hydroxylation is 2. The van der Waals surface area contributed by atoms with E-state index in [1.807, 2.05) is 38.1 Å². The summed E-state index contributed by atoms with van der Waals surface area (Å²) in [7, 11) is 0. The van der Waals surface area contributed by atoms with Crippen molar-refractivity contribution in [1.82, 2.24) is 9.97 Å². The summed E-state index contributed by atoms with van der Waals surface area (Å²) in [6.45, 7) is 5.05. The fourth-order valence-corrected chi connectivity index (χ4v) is 1.59. The summed E-state index contributed by atoms with van der Waals surface area (Å²) in [4.78, 5) is 7.72. The van der Waals surface area contributed by atoms with Crippen molar-refractivity contribution in [2.24, 2.45) is 5.73 Å². The van der Waals surface area contributed by atoms with E-state index in [2.05, 4.69) is 9.97 Å². The van der Waals surface area contributed by atoms with Crippen LogP contribution in [0.5, 0.6) is 5.75 Å². The third-order valence-electron chi connectivity index (χ3n) is 2.62. The maximum atomic E-state index is 5.49. The summed E-state index contributed by atoms with van der Waals surface area (Å²) >= 11 is 0. The lowest BCUT2D eigenvalue weighted by Gasteiger charge is -2.05. The van der Waals surface area contributed by atoms with Crippen LogP contribution < -0.4 is 10.5 Å². The molecular formula is C13H17N3O. The van der Waals surface area contributed by atoms with Gasteiger partial charge in [0.2, 0.25) is 0 Å². The minimum absolute atomic E-state index is 0.517. The van der Waals surface area contributed by atoms with Gasteiger partial charge in [0.1, 0.15) is 18.2 Å². The minimum atomic E-state index is 0.517. The number of nitrogens with one attached hydrogen (secondary N) is 1. The van der Waals surface area contributed by atoms with Crippen LogP contribution in [-0.2, 0) is 0 Å². The number of hydrogen-bond acceptors (Lipinski definition) is 3. The Kier molecular flexibility index (Phi) is 3.44. The Morgan fingerprint density at radius 1 is 1.35 bits per heavy atom. The molecule has 0 fully saturated rings. The molecule has 4 heteroatoms. The van der Waals surface area contributed by atoms with Gasteiger partial charge in [-0.25, -0.2) is 4.98 Å². The van der Waals surface area contributed by atoms with Gasteiger partial charge < -0.3 is 15.5 Å². The van der Waals surface area contributed by atoms with Crippen LogP contribution in [0.4, 0.5) is 0 Å². The van der Waals surface area contributed by atoms with Gasteiger partial charge in [0.25, 0.3) is 0 Å². The Morgan fingerprint density at radius 3 is 2.82 bits per heavy atom. The maximum absolute atomic E-state index is 5.49. The van der Waals surface area contributed by atoms with Crippen LogP contribution in [0.1, 0.15) is 11.4 Å². The molecule has 1 aromatic heterocycles. The maximum Gasteiger partial charge on any atom is 0.137 e. The first kappa shape index (κ1) is 11.7. The molecule has 0 saturated heterocycles. The zero-order chi connectivity index (χ0) is 12.3. The summed E-state index contributed by atoms with van der Waals surface area (Å²) < 4.78 is 5.49. The average molecular weight is 231 g/mol. The summed E-state index contributed by atoms with van der Waals surface area (Å²) in [5, 5.41) is 0. The number of rotatable bonds is 4. The van der Waals surface area contributed by atoms with Gasteiger partial charge in [-0.05, 0) is 26.0 Å². The molecule has 0 unspecified atom stereocenters. The lowest BCUT2D eigenvalue weighted by atomic mass is 10.2. The van der Waals surface area contributed by atoms with Gasteiger partial charge in [-0.2, -0.15) is 0 Å². The second-order valence-corrected chi connectivity index (χ2v) is 3.96. The van der Waals surface area contributed by atoms with Crippen molar-refractivity contribution in [3.05, 3.63) is 35.7 Å². The largest absolute Gasteiger partial charge is 0.492 e. The molecule has 0 aliphatic rings. The lowest BCUT2D eigenvalue weighted by Crippen LogP contribution is -2.10. The Hall–Kier alpha value is -1.81. The van der Waals surface area contributed by atoms with Crippen molar-refractivity contribution in [2.45, 2.75) is 13.8 Å². The van der Waals surface area contributed by atoms with Crippen LogP contribution in [0.15, 0.2) is 24.3 Å². The smallest absolute Gasteiger partial charge is 0.137 e. The first-order valence-electron chi connectivity index (χ1n) is 5.67. The van der Waals surface area contributed by atoms with Crippen molar-refractivity contribution in [1.29, 1.82) is 0 Å². The molecule has 0 radical (unpaired) electrons. The fourth-order valence-electron chi connectivity index (χ4n) is 1.59. The molecule has 0 bridgehead atoms. The average Bonchev–Trinajstić information content (AvgIpc) is 2.68. The van der Waals surface area contributed by atoms with Crippen molar-refractivity contribution in [2.75, 3.05) is 13.2 Å². The number of aromatic nitrogens is 2. The summed E-state index contributed by atoms with van der Waals surface area (Å²) in [5.74, 6) is 1.69. The zero-order valence-corrected chi connectivity index (χ0v) is 10.2. The Labute approximate surface area is 101 Å². The van der Waals surface area contributed by atoms with Crippen molar-refractivity contribution in [3.8, 4) is 17.1 Å². The third kappa shape index (κ3) is 2.65. The van der Waals surface area contributed by atoms with Crippen LogP contribution in [-0.4, -0.2) is 23.1 Å². The first-order chi connectivity index (χ1) is 8.20. The van der Waals surface area contributed by atoms with E-state index in [0.29, 0.717) is 13.2 Å². The van der Waals surface area contributed by atoms with Crippen molar-refractivity contribution >= 4 is 0 Å². The molecule has 1 heterocycles. The Bertz CT molecular complexity index is 486. The summed E-state index contributed by atoms with van der Waals surface area (Å²) in [6.07, 6.45) is 0. The van der Waals surface area contributed by atoms with E-state index in [-0.39, 0.29) is 0 Å². The molecule has 2 aromatic rings. The highest BCUT2D eigenvalue weighted by atomic mass is 16.5. The highest BCUT2D eigenvalue weighted by Gasteiger charge is 2.05. The predicted octanol–water partition coefficient (Wildman–Crippen LogP) is 2.03. The molecule has 0 amide bonds.